The van der Waals surface area contributed by atoms with E-state index in [4.69, 9.17) is 4.74 Å². The minimum Gasteiger partial charge on any atom is -0.489 e. The van der Waals surface area contributed by atoms with Gasteiger partial charge in [-0.1, -0.05) is 12.1 Å². The Morgan fingerprint density at radius 1 is 1.52 bits per heavy atom. The maximum Gasteiger partial charge on any atom is 0.224 e. The van der Waals surface area contributed by atoms with Crippen LogP contribution in [0.5, 0.6) is 5.75 Å². The maximum absolute atomic E-state index is 13.4. The topological polar surface area (TPSA) is 41.6 Å². The highest BCUT2D eigenvalue weighted by molar-refractivity contribution is 7.99. The molecule has 1 amide bonds. The number of hydrogen-bond donors (Lipinski definition) is 1. The summed E-state index contributed by atoms with van der Waals surface area (Å²) in [4.78, 5) is 13.7. The molecule has 1 atom stereocenters. The number of halogens is 1. The highest BCUT2D eigenvalue weighted by atomic mass is 32.2. The van der Waals surface area contributed by atoms with Gasteiger partial charge in [-0.2, -0.15) is 11.8 Å². The average molecular weight is 312 g/mol. The van der Waals surface area contributed by atoms with Crippen LogP contribution in [-0.4, -0.2) is 55.1 Å². The number of nitrogens with one attached hydrogen (secondary N) is 1. The van der Waals surface area contributed by atoms with E-state index in [-0.39, 0.29) is 30.1 Å². The van der Waals surface area contributed by atoms with Gasteiger partial charge in [0, 0.05) is 37.6 Å². The van der Waals surface area contributed by atoms with Crippen molar-refractivity contribution in [2.45, 2.75) is 12.5 Å². The molecule has 1 N–H and O–H groups in total. The van der Waals surface area contributed by atoms with E-state index in [1.54, 1.807) is 30.1 Å². The van der Waals surface area contributed by atoms with Gasteiger partial charge in [0.05, 0.1) is 6.54 Å². The monoisotopic (exact) mass is 312 g/mol. The molecule has 1 aliphatic rings. The number of amides is 1. The first-order valence-corrected chi connectivity index (χ1v) is 8.24. The molecule has 0 aromatic heterocycles. The molecule has 1 unspecified atom stereocenters. The second-order valence-electron chi connectivity index (χ2n) is 5.02. The third-order valence-electron chi connectivity index (χ3n) is 3.37. The lowest BCUT2D eigenvalue weighted by atomic mass is 10.2. The van der Waals surface area contributed by atoms with Gasteiger partial charge in [0.25, 0.3) is 0 Å². The number of ether oxygens (including phenoxy) is 1. The van der Waals surface area contributed by atoms with Crippen LogP contribution in [0.15, 0.2) is 24.3 Å². The molecule has 2 rings (SSSR count). The molecule has 0 bridgehead atoms. The molecule has 116 valence electrons. The summed E-state index contributed by atoms with van der Waals surface area (Å²) < 4.78 is 18.7. The van der Waals surface area contributed by atoms with Crippen molar-refractivity contribution >= 4 is 17.7 Å². The van der Waals surface area contributed by atoms with Gasteiger partial charge in [-0.05, 0) is 12.1 Å². The maximum atomic E-state index is 13.4. The zero-order valence-corrected chi connectivity index (χ0v) is 13.0. The van der Waals surface area contributed by atoms with Gasteiger partial charge in [-0.15, -0.1) is 0 Å². The molecule has 1 heterocycles. The lowest BCUT2D eigenvalue weighted by Crippen LogP contribution is -2.42. The van der Waals surface area contributed by atoms with Crippen LogP contribution in [0.25, 0.3) is 0 Å². The third kappa shape index (κ3) is 5.21. The average Bonchev–Trinajstić information content (AvgIpc) is 2.50. The molecule has 0 aliphatic carbocycles. The Kier molecular flexibility index (Phi) is 6.32. The molecule has 21 heavy (non-hydrogen) atoms. The molecule has 1 aromatic carbocycles. The van der Waals surface area contributed by atoms with Crippen molar-refractivity contribution in [2.24, 2.45) is 0 Å². The van der Waals surface area contributed by atoms with E-state index in [2.05, 4.69) is 5.32 Å². The number of benzene rings is 1. The lowest BCUT2D eigenvalue weighted by Gasteiger charge is -2.25. The Labute approximate surface area is 129 Å². The highest BCUT2D eigenvalue weighted by Gasteiger charge is 2.19. The molecule has 4 nitrogen and oxygen atoms in total. The number of hydrogen-bond acceptors (Lipinski definition) is 4. The van der Waals surface area contributed by atoms with E-state index in [0.29, 0.717) is 13.0 Å². The van der Waals surface area contributed by atoms with Crippen LogP contribution in [0.3, 0.4) is 0 Å². The number of likely N-dealkylation sites (N-methyl/N-ethyl adjacent to an activating group) is 1. The van der Waals surface area contributed by atoms with Crippen LogP contribution in [0, 0.1) is 5.82 Å². The highest BCUT2D eigenvalue weighted by Crippen LogP contribution is 2.15. The first-order chi connectivity index (χ1) is 10.2. The SMILES string of the molecule is CN(CCOc1ccccc1F)C(=O)CC1CSCCN1. The molecular weight excluding hydrogens is 291 g/mol. The van der Waals surface area contributed by atoms with Crippen LogP contribution < -0.4 is 10.1 Å². The van der Waals surface area contributed by atoms with Gasteiger partial charge < -0.3 is 15.0 Å². The standard InChI is InChI=1S/C15H21FN2O2S/c1-18(15(19)10-12-11-21-9-6-17-12)7-8-20-14-5-3-2-4-13(14)16/h2-5,12,17H,6-11H2,1H3. The summed E-state index contributed by atoms with van der Waals surface area (Å²) in [5.41, 5.74) is 0. The zero-order chi connectivity index (χ0) is 15.1. The summed E-state index contributed by atoms with van der Waals surface area (Å²) in [6.07, 6.45) is 0.503. The molecule has 1 fully saturated rings. The smallest absolute Gasteiger partial charge is 0.224 e. The minimum atomic E-state index is -0.380. The quantitative estimate of drug-likeness (QED) is 0.869. The Balaban J connectivity index is 1.70. The molecule has 1 aromatic rings. The molecular formula is C15H21FN2O2S. The first kappa shape index (κ1) is 16.1. The van der Waals surface area contributed by atoms with Gasteiger partial charge in [0.15, 0.2) is 11.6 Å². The zero-order valence-electron chi connectivity index (χ0n) is 12.2. The predicted octanol–water partition coefficient (Wildman–Crippen LogP) is 1.76. The fraction of sp³-hybridized carbons (Fsp3) is 0.533. The van der Waals surface area contributed by atoms with E-state index in [0.717, 1.165) is 18.1 Å². The van der Waals surface area contributed by atoms with Crippen LogP contribution in [0.2, 0.25) is 0 Å². The molecule has 1 saturated heterocycles. The number of nitrogens with zero attached hydrogens (tertiary/aromatic N) is 1. The number of carbonyl (C=O) groups is 1. The van der Waals surface area contributed by atoms with Gasteiger partial charge in [-0.25, -0.2) is 4.39 Å². The number of rotatable bonds is 6. The Hall–Kier alpha value is -1.27. The Morgan fingerprint density at radius 2 is 2.33 bits per heavy atom. The van der Waals surface area contributed by atoms with E-state index in [9.17, 15) is 9.18 Å². The van der Waals surface area contributed by atoms with Crippen molar-refractivity contribution in [3.05, 3.63) is 30.1 Å². The minimum absolute atomic E-state index is 0.0899. The van der Waals surface area contributed by atoms with Gasteiger partial charge >= 0.3 is 0 Å². The van der Waals surface area contributed by atoms with Crippen LogP contribution in [0.1, 0.15) is 6.42 Å². The summed E-state index contributed by atoms with van der Waals surface area (Å²) in [6.45, 7) is 1.70. The Bertz CT molecular complexity index is 467. The largest absolute Gasteiger partial charge is 0.489 e. The molecule has 6 heteroatoms. The summed E-state index contributed by atoms with van der Waals surface area (Å²) in [5, 5.41) is 3.35. The number of thioether (sulfide) groups is 1. The van der Waals surface area contributed by atoms with Crippen molar-refractivity contribution in [2.75, 3.05) is 38.2 Å². The third-order valence-corrected chi connectivity index (χ3v) is 4.50. The summed E-state index contributed by atoms with van der Waals surface area (Å²) >= 11 is 1.87. The fourth-order valence-electron chi connectivity index (χ4n) is 2.10. The van der Waals surface area contributed by atoms with E-state index >= 15 is 0 Å². The van der Waals surface area contributed by atoms with Crippen molar-refractivity contribution in [1.82, 2.24) is 10.2 Å². The second-order valence-corrected chi connectivity index (χ2v) is 6.17. The summed E-state index contributed by atoms with van der Waals surface area (Å²) in [7, 11) is 1.75. The second kappa shape index (κ2) is 8.24. The van der Waals surface area contributed by atoms with Crippen molar-refractivity contribution in [3.8, 4) is 5.75 Å². The van der Waals surface area contributed by atoms with Gasteiger partial charge in [-0.3, -0.25) is 4.79 Å². The van der Waals surface area contributed by atoms with E-state index in [1.165, 1.54) is 6.07 Å². The summed E-state index contributed by atoms with van der Waals surface area (Å²) in [6, 6.07) is 6.54. The molecule has 0 spiro atoms. The van der Waals surface area contributed by atoms with Crippen LogP contribution in [0.4, 0.5) is 4.39 Å². The van der Waals surface area contributed by atoms with Crippen LogP contribution in [-0.2, 0) is 4.79 Å². The normalized spacial score (nSPS) is 18.3. The van der Waals surface area contributed by atoms with Crippen molar-refractivity contribution in [1.29, 1.82) is 0 Å². The van der Waals surface area contributed by atoms with E-state index < -0.39 is 0 Å². The first-order valence-electron chi connectivity index (χ1n) is 7.09. The number of para-hydroxylation sites is 1. The van der Waals surface area contributed by atoms with Gasteiger partial charge in [0.1, 0.15) is 6.61 Å². The van der Waals surface area contributed by atoms with Gasteiger partial charge in [0.2, 0.25) is 5.91 Å². The van der Waals surface area contributed by atoms with Crippen molar-refractivity contribution in [3.63, 3.8) is 0 Å². The summed E-state index contributed by atoms with van der Waals surface area (Å²) in [5.74, 6) is 2.02. The lowest BCUT2D eigenvalue weighted by molar-refractivity contribution is -0.130. The fourth-order valence-corrected chi connectivity index (χ4v) is 3.05. The molecule has 0 radical (unpaired) electrons. The predicted molar refractivity (Wildman–Crippen MR) is 83.3 cm³/mol. The Morgan fingerprint density at radius 3 is 3.05 bits per heavy atom. The van der Waals surface area contributed by atoms with Crippen molar-refractivity contribution < 1.29 is 13.9 Å². The molecule has 1 aliphatic heterocycles. The number of carbonyl (C=O) groups excluding carboxylic acids is 1. The molecule has 0 saturated carbocycles. The van der Waals surface area contributed by atoms with E-state index in [1.807, 2.05) is 11.8 Å². The van der Waals surface area contributed by atoms with Crippen LogP contribution >= 0.6 is 11.8 Å².